The molecule has 0 saturated carbocycles. The molecular weight excluding hydrogens is 260 g/mol. The maximum Gasteiger partial charge on any atom is 0.137 e. The Hall–Kier alpha value is -1.68. The van der Waals surface area contributed by atoms with E-state index in [9.17, 15) is 0 Å². The van der Waals surface area contributed by atoms with Crippen LogP contribution in [0.15, 0.2) is 30.6 Å². The first-order valence-electron chi connectivity index (χ1n) is 7.81. The van der Waals surface area contributed by atoms with Crippen LogP contribution in [-0.2, 0) is 12.8 Å². The number of nitrogens with zero attached hydrogens (tertiary/aromatic N) is 2. The lowest BCUT2D eigenvalue weighted by atomic mass is 10.00. The van der Waals surface area contributed by atoms with Gasteiger partial charge < -0.3 is 5.32 Å². The summed E-state index contributed by atoms with van der Waals surface area (Å²) >= 11 is 0. The number of hydrogen-bond donors (Lipinski definition) is 2. The number of aryl methyl sites for hydroxylation is 1. The normalized spacial score (nSPS) is 12.8. The smallest absolute Gasteiger partial charge is 0.137 e. The summed E-state index contributed by atoms with van der Waals surface area (Å²) in [5.41, 5.74) is 2.77. The molecule has 0 aliphatic heterocycles. The van der Waals surface area contributed by atoms with Gasteiger partial charge in [0.05, 0.1) is 0 Å². The van der Waals surface area contributed by atoms with Crippen molar-refractivity contribution in [3.8, 4) is 0 Å². The molecule has 0 aliphatic carbocycles. The molecule has 1 aromatic carbocycles. The fourth-order valence-electron chi connectivity index (χ4n) is 2.46. The van der Waals surface area contributed by atoms with Crippen LogP contribution >= 0.6 is 0 Å². The van der Waals surface area contributed by atoms with Crippen molar-refractivity contribution in [2.45, 2.75) is 46.1 Å². The van der Waals surface area contributed by atoms with Crippen LogP contribution in [-0.4, -0.2) is 21.7 Å². The van der Waals surface area contributed by atoms with E-state index >= 15 is 0 Å². The van der Waals surface area contributed by atoms with Gasteiger partial charge in [0.2, 0.25) is 0 Å². The summed E-state index contributed by atoms with van der Waals surface area (Å²) < 4.78 is 0. The molecule has 2 aromatic rings. The fraction of sp³-hybridized carbons (Fsp3) is 0.529. The highest BCUT2D eigenvalue weighted by atomic mass is 15.2. The van der Waals surface area contributed by atoms with E-state index in [0.29, 0.717) is 12.0 Å². The third kappa shape index (κ3) is 5.31. The zero-order chi connectivity index (χ0) is 15.1. The minimum absolute atomic E-state index is 0.382. The molecule has 4 nitrogen and oxygen atoms in total. The zero-order valence-corrected chi connectivity index (χ0v) is 13.3. The average Bonchev–Trinajstić information content (AvgIpc) is 2.97. The minimum atomic E-state index is 0.382. The summed E-state index contributed by atoms with van der Waals surface area (Å²) in [6.07, 6.45) is 4.71. The molecule has 0 spiro atoms. The first kappa shape index (κ1) is 15.7. The molecule has 0 amide bonds. The van der Waals surface area contributed by atoms with Gasteiger partial charge in [0.15, 0.2) is 0 Å². The number of benzene rings is 1. The van der Waals surface area contributed by atoms with E-state index in [1.54, 1.807) is 6.33 Å². The van der Waals surface area contributed by atoms with Crippen molar-refractivity contribution in [2.75, 3.05) is 6.54 Å². The maximum absolute atomic E-state index is 4.13. The Morgan fingerprint density at radius 2 is 1.90 bits per heavy atom. The molecular formula is C17H26N4. The monoisotopic (exact) mass is 286 g/mol. The zero-order valence-electron chi connectivity index (χ0n) is 13.3. The van der Waals surface area contributed by atoms with Crippen molar-refractivity contribution >= 4 is 0 Å². The van der Waals surface area contributed by atoms with Crippen molar-refractivity contribution in [1.29, 1.82) is 0 Å². The van der Waals surface area contributed by atoms with Crippen molar-refractivity contribution in [2.24, 2.45) is 5.92 Å². The Morgan fingerprint density at radius 1 is 1.14 bits per heavy atom. The van der Waals surface area contributed by atoms with Crippen LogP contribution in [0.2, 0.25) is 0 Å². The van der Waals surface area contributed by atoms with Gasteiger partial charge in [0.1, 0.15) is 12.2 Å². The Labute approximate surface area is 127 Å². The van der Waals surface area contributed by atoms with Crippen molar-refractivity contribution in [3.05, 3.63) is 47.5 Å². The van der Waals surface area contributed by atoms with Crippen LogP contribution in [0.4, 0.5) is 0 Å². The minimum Gasteiger partial charge on any atom is -0.310 e. The molecule has 2 N–H and O–H groups in total. The van der Waals surface area contributed by atoms with E-state index in [1.165, 1.54) is 11.1 Å². The number of hydrogen-bond acceptors (Lipinski definition) is 3. The van der Waals surface area contributed by atoms with E-state index in [-0.39, 0.29) is 0 Å². The second-order valence-corrected chi connectivity index (χ2v) is 6.05. The van der Waals surface area contributed by atoms with Crippen LogP contribution in [0.25, 0.3) is 0 Å². The van der Waals surface area contributed by atoms with Gasteiger partial charge in [-0.1, -0.05) is 38.1 Å². The summed E-state index contributed by atoms with van der Waals surface area (Å²) in [7, 11) is 0. The summed E-state index contributed by atoms with van der Waals surface area (Å²) in [6, 6.07) is 9.37. The van der Waals surface area contributed by atoms with Crippen LogP contribution in [0.1, 0.15) is 50.2 Å². The Morgan fingerprint density at radius 3 is 2.52 bits per heavy atom. The van der Waals surface area contributed by atoms with Crippen molar-refractivity contribution in [1.82, 2.24) is 20.5 Å². The molecule has 1 aromatic heterocycles. The molecule has 114 valence electrons. The highest BCUT2D eigenvalue weighted by Gasteiger charge is 2.05. The summed E-state index contributed by atoms with van der Waals surface area (Å²) in [4.78, 5) is 4.13. The van der Waals surface area contributed by atoms with Crippen LogP contribution in [0.3, 0.4) is 0 Å². The van der Waals surface area contributed by atoms with Crippen molar-refractivity contribution < 1.29 is 0 Å². The molecule has 4 heteroatoms. The molecule has 0 aliphatic rings. The number of H-pyrrole nitrogens is 1. The third-order valence-corrected chi connectivity index (χ3v) is 3.63. The third-order valence-electron chi connectivity index (χ3n) is 3.63. The molecule has 0 saturated heterocycles. The highest BCUT2D eigenvalue weighted by Crippen LogP contribution is 2.15. The summed E-state index contributed by atoms with van der Waals surface area (Å²) in [5, 5.41) is 10.3. The number of aromatic nitrogens is 3. The number of aromatic amines is 1. The first-order chi connectivity index (χ1) is 10.1. The molecule has 0 radical (unpaired) electrons. The maximum atomic E-state index is 4.13. The molecule has 21 heavy (non-hydrogen) atoms. The molecule has 2 rings (SSSR count). The summed E-state index contributed by atoms with van der Waals surface area (Å²) in [6.45, 7) is 7.71. The van der Waals surface area contributed by atoms with Crippen LogP contribution in [0, 0.1) is 5.92 Å². The van der Waals surface area contributed by atoms with Crippen LogP contribution in [0.5, 0.6) is 0 Å². The van der Waals surface area contributed by atoms with Gasteiger partial charge in [0.25, 0.3) is 0 Å². The van der Waals surface area contributed by atoms with E-state index < -0.39 is 0 Å². The number of nitrogens with one attached hydrogen (secondary N) is 2. The predicted molar refractivity (Wildman–Crippen MR) is 86.1 cm³/mol. The van der Waals surface area contributed by atoms with Gasteiger partial charge in [-0.2, -0.15) is 5.10 Å². The summed E-state index contributed by atoms with van der Waals surface area (Å²) in [5.74, 6) is 1.67. The predicted octanol–water partition coefficient (Wildman–Crippen LogP) is 3.29. The van der Waals surface area contributed by atoms with E-state index in [0.717, 1.165) is 31.6 Å². The van der Waals surface area contributed by atoms with E-state index in [1.807, 2.05) is 0 Å². The SMILES string of the molecule is CC(C)Cc1ccc(C(C)NCCCc2ncn[nH]2)cc1. The van der Waals surface area contributed by atoms with Crippen LogP contribution < -0.4 is 5.32 Å². The molecule has 1 unspecified atom stereocenters. The van der Waals surface area contributed by atoms with Crippen molar-refractivity contribution in [3.63, 3.8) is 0 Å². The molecule has 1 atom stereocenters. The quantitative estimate of drug-likeness (QED) is 0.732. The van der Waals surface area contributed by atoms with Gasteiger partial charge in [-0.15, -0.1) is 0 Å². The fourth-order valence-corrected chi connectivity index (χ4v) is 2.46. The average molecular weight is 286 g/mol. The van der Waals surface area contributed by atoms with Gasteiger partial charge in [-0.25, -0.2) is 4.98 Å². The second kappa shape index (κ2) is 7.93. The molecule has 0 bridgehead atoms. The lowest BCUT2D eigenvalue weighted by Crippen LogP contribution is -2.20. The molecule has 1 heterocycles. The highest BCUT2D eigenvalue weighted by molar-refractivity contribution is 5.25. The Balaban J connectivity index is 1.73. The first-order valence-corrected chi connectivity index (χ1v) is 7.81. The lowest BCUT2D eigenvalue weighted by Gasteiger charge is -2.15. The van der Waals surface area contributed by atoms with Gasteiger partial charge in [0, 0.05) is 12.5 Å². The lowest BCUT2D eigenvalue weighted by molar-refractivity contribution is 0.554. The number of rotatable bonds is 8. The van der Waals surface area contributed by atoms with E-state index in [4.69, 9.17) is 0 Å². The Kier molecular flexibility index (Phi) is 5.93. The second-order valence-electron chi connectivity index (χ2n) is 6.05. The van der Waals surface area contributed by atoms with Gasteiger partial charge >= 0.3 is 0 Å². The topological polar surface area (TPSA) is 53.6 Å². The van der Waals surface area contributed by atoms with Gasteiger partial charge in [-0.05, 0) is 43.4 Å². The largest absolute Gasteiger partial charge is 0.310 e. The van der Waals surface area contributed by atoms with E-state index in [2.05, 4.69) is 65.5 Å². The Bertz CT molecular complexity index is 502. The standard InChI is InChI=1S/C17H26N4/c1-13(2)11-15-6-8-16(9-7-15)14(3)18-10-4-5-17-19-12-20-21-17/h6-9,12-14,18H,4-5,10-11H2,1-3H3,(H,19,20,21). The molecule has 0 fully saturated rings. The van der Waals surface area contributed by atoms with Gasteiger partial charge in [-0.3, -0.25) is 5.10 Å².